The fourth-order valence-electron chi connectivity index (χ4n) is 8.18. The van der Waals surface area contributed by atoms with Crippen LogP contribution in [0.3, 0.4) is 0 Å². The van der Waals surface area contributed by atoms with E-state index in [4.69, 9.17) is 4.65 Å². The van der Waals surface area contributed by atoms with Crippen molar-refractivity contribution in [1.82, 2.24) is 5.23 Å². The molecule has 1 fully saturated rings. The van der Waals surface area contributed by atoms with Gasteiger partial charge < -0.3 is 9.88 Å². The molecule has 5 aromatic carbocycles. The summed E-state index contributed by atoms with van der Waals surface area (Å²) in [6, 6.07) is 39.0. The number of benzene rings is 5. The van der Waals surface area contributed by atoms with Crippen LogP contribution in [-0.4, -0.2) is 18.2 Å². The second kappa shape index (κ2) is 7.67. The van der Waals surface area contributed by atoms with E-state index in [0.717, 1.165) is 6.42 Å². The van der Waals surface area contributed by atoms with E-state index in [1.807, 2.05) is 0 Å². The minimum atomic E-state index is -0.296. The molecule has 3 aliphatic carbocycles. The van der Waals surface area contributed by atoms with Crippen LogP contribution in [-0.2, 0) is 16.5 Å². The van der Waals surface area contributed by atoms with Gasteiger partial charge in [-0.3, -0.25) is 0 Å². The molecule has 0 unspecified atom stereocenters. The lowest BCUT2D eigenvalue weighted by molar-refractivity contribution is 0.0750. The van der Waals surface area contributed by atoms with Crippen molar-refractivity contribution in [1.29, 1.82) is 0 Å². The molecule has 1 N–H and O–H groups in total. The zero-order valence-corrected chi connectivity index (χ0v) is 24.0. The van der Waals surface area contributed by atoms with Gasteiger partial charge in [-0.1, -0.05) is 97.1 Å². The van der Waals surface area contributed by atoms with Gasteiger partial charge in [-0.2, -0.15) is 0 Å². The summed E-state index contributed by atoms with van der Waals surface area (Å²) in [6.07, 6.45) is 0.923. The number of rotatable bonds is 1. The first-order valence-corrected chi connectivity index (χ1v) is 14.9. The van der Waals surface area contributed by atoms with Gasteiger partial charge in [0.05, 0.1) is 11.0 Å². The third kappa shape index (κ3) is 2.81. The minimum Gasteiger partial charge on any atom is -0.411 e. The molecule has 2 nitrogen and oxygen atoms in total. The predicted octanol–water partition coefficient (Wildman–Crippen LogP) is 7.47. The van der Waals surface area contributed by atoms with Crippen LogP contribution in [0.15, 0.2) is 103 Å². The lowest BCUT2D eigenvalue weighted by Crippen LogP contribution is -2.52. The van der Waals surface area contributed by atoms with Gasteiger partial charge in [0, 0.05) is 5.54 Å². The molecule has 0 bridgehead atoms. The Morgan fingerprint density at radius 3 is 1.73 bits per heavy atom. The first-order chi connectivity index (χ1) is 19.8. The third-order valence-corrected chi connectivity index (χ3v) is 10.8. The summed E-state index contributed by atoms with van der Waals surface area (Å²) in [4.78, 5) is 0. The number of fused-ring (bicyclic) bond motifs is 13. The standard InChI is InChI=1S/C38H32BNO/c1-36(2)37(3,4)41-39(40-36)35-19-11-15-24-28-22-29-27-14-7-10-18-33(27)38(34(29)21-23(28)20-30(24)35)31-16-8-5-12-25(31)26-13-6-9-17-32(26)38/h5-19,21-22,40H,20H2,1-4H3. The van der Waals surface area contributed by atoms with E-state index in [0.29, 0.717) is 0 Å². The quantitative estimate of drug-likeness (QED) is 0.223. The van der Waals surface area contributed by atoms with E-state index in [1.165, 1.54) is 72.2 Å². The topological polar surface area (TPSA) is 21.3 Å². The lowest BCUT2D eigenvalue weighted by atomic mass is 9.70. The van der Waals surface area contributed by atoms with Gasteiger partial charge in [0.25, 0.3) is 0 Å². The van der Waals surface area contributed by atoms with Crippen LogP contribution in [0.25, 0.3) is 33.4 Å². The Morgan fingerprint density at radius 1 is 0.585 bits per heavy atom. The van der Waals surface area contributed by atoms with Crippen molar-refractivity contribution in [2.75, 3.05) is 0 Å². The lowest BCUT2D eigenvalue weighted by Gasteiger charge is -2.33. The van der Waals surface area contributed by atoms with Gasteiger partial charge >= 0.3 is 7.05 Å². The molecular formula is C38H32BNO. The monoisotopic (exact) mass is 529 g/mol. The zero-order chi connectivity index (χ0) is 27.7. The van der Waals surface area contributed by atoms with E-state index >= 15 is 0 Å². The van der Waals surface area contributed by atoms with Crippen LogP contribution in [0.5, 0.6) is 0 Å². The summed E-state index contributed by atoms with van der Waals surface area (Å²) >= 11 is 0. The van der Waals surface area contributed by atoms with E-state index in [9.17, 15) is 0 Å². The molecule has 0 aromatic heterocycles. The Balaban J connectivity index is 1.28. The van der Waals surface area contributed by atoms with E-state index in [-0.39, 0.29) is 23.6 Å². The van der Waals surface area contributed by atoms with Crippen molar-refractivity contribution < 1.29 is 4.65 Å². The maximum Gasteiger partial charge on any atom is 0.417 e. The van der Waals surface area contributed by atoms with Crippen molar-refractivity contribution in [3.63, 3.8) is 0 Å². The Hall–Kier alpha value is -3.92. The highest BCUT2D eigenvalue weighted by Crippen LogP contribution is 2.63. The Labute approximate surface area is 242 Å². The van der Waals surface area contributed by atoms with Crippen molar-refractivity contribution >= 4 is 12.5 Å². The molecule has 0 amide bonds. The highest BCUT2D eigenvalue weighted by atomic mass is 16.5. The molecule has 9 rings (SSSR count). The average molecular weight is 529 g/mol. The van der Waals surface area contributed by atoms with E-state index in [1.54, 1.807) is 0 Å². The summed E-state index contributed by atoms with van der Waals surface area (Å²) in [7, 11) is -0.114. The van der Waals surface area contributed by atoms with Gasteiger partial charge in [-0.25, -0.2) is 0 Å². The Bertz CT molecular complexity index is 1890. The molecule has 0 atom stereocenters. The SMILES string of the molecule is CC1(C)NB(c2cccc3c2Cc2cc4c(cc2-3)-c2ccccc2C42c3ccccc3-c3ccccc32)OC1(C)C. The zero-order valence-electron chi connectivity index (χ0n) is 24.0. The molecule has 1 aliphatic heterocycles. The second-order valence-electron chi connectivity index (χ2n) is 13.3. The van der Waals surface area contributed by atoms with Crippen molar-refractivity contribution in [3.8, 4) is 33.4 Å². The smallest absolute Gasteiger partial charge is 0.411 e. The van der Waals surface area contributed by atoms with Crippen LogP contribution >= 0.6 is 0 Å². The van der Waals surface area contributed by atoms with E-state index in [2.05, 4.69) is 136 Å². The molecule has 5 aromatic rings. The summed E-state index contributed by atoms with van der Waals surface area (Å²) in [5, 5.41) is 3.79. The van der Waals surface area contributed by atoms with Gasteiger partial charge in [0.2, 0.25) is 0 Å². The summed E-state index contributed by atoms with van der Waals surface area (Å²) in [5.41, 5.74) is 17.2. The average Bonchev–Trinajstić information content (AvgIpc) is 3.64. The van der Waals surface area contributed by atoms with Crippen LogP contribution < -0.4 is 10.7 Å². The molecule has 0 saturated carbocycles. The predicted molar refractivity (Wildman–Crippen MR) is 169 cm³/mol. The number of nitrogens with one attached hydrogen (secondary N) is 1. The molecule has 4 aliphatic rings. The van der Waals surface area contributed by atoms with Gasteiger partial charge in [-0.15, -0.1) is 0 Å². The maximum atomic E-state index is 6.64. The van der Waals surface area contributed by atoms with Gasteiger partial charge in [-0.05, 0) is 112 Å². The Kier molecular flexibility index (Phi) is 4.45. The molecule has 0 radical (unpaired) electrons. The van der Waals surface area contributed by atoms with Crippen molar-refractivity contribution in [2.45, 2.75) is 50.7 Å². The maximum absolute atomic E-state index is 6.64. The van der Waals surface area contributed by atoms with Gasteiger partial charge in [0.1, 0.15) is 0 Å². The normalized spacial score (nSPS) is 19.0. The molecule has 1 heterocycles. The number of hydrogen-bond acceptors (Lipinski definition) is 2. The first-order valence-electron chi connectivity index (χ1n) is 14.9. The van der Waals surface area contributed by atoms with E-state index < -0.39 is 0 Å². The highest BCUT2D eigenvalue weighted by molar-refractivity contribution is 6.66. The fourth-order valence-corrected chi connectivity index (χ4v) is 8.18. The molecule has 41 heavy (non-hydrogen) atoms. The van der Waals surface area contributed by atoms with Gasteiger partial charge in [0.15, 0.2) is 0 Å². The fraction of sp³-hybridized carbons (Fsp3) is 0.211. The molecule has 3 heteroatoms. The Morgan fingerprint density at radius 2 is 1.15 bits per heavy atom. The van der Waals surface area contributed by atoms with Crippen LogP contribution in [0.4, 0.5) is 0 Å². The minimum absolute atomic E-state index is 0.114. The third-order valence-electron chi connectivity index (χ3n) is 10.8. The molecule has 1 saturated heterocycles. The van der Waals surface area contributed by atoms with Crippen LogP contribution in [0.2, 0.25) is 0 Å². The summed E-state index contributed by atoms with van der Waals surface area (Å²) in [6.45, 7) is 8.86. The molecule has 198 valence electrons. The van der Waals surface area contributed by atoms with Crippen molar-refractivity contribution in [3.05, 3.63) is 137 Å². The largest absolute Gasteiger partial charge is 0.417 e. The molecule has 1 spiro atoms. The van der Waals surface area contributed by atoms with Crippen molar-refractivity contribution in [2.24, 2.45) is 0 Å². The highest BCUT2D eigenvalue weighted by Gasteiger charge is 2.53. The first kappa shape index (κ1) is 23.8. The summed E-state index contributed by atoms with van der Waals surface area (Å²) in [5.74, 6) is 0. The van der Waals surface area contributed by atoms with Crippen LogP contribution in [0, 0.1) is 0 Å². The number of hydrogen-bond donors (Lipinski definition) is 1. The van der Waals surface area contributed by atoms with Crippen LogP contribution in [0.1, 0.15) is 61.1 Å². The second-order valence-corrected chi connectivity index (χ2v) is 13.3. The summed E-state index contributed by atoms with van der Waals surface area (Å²) < 4.78 is 6.64. The molecular weight excluding hydrogens is 497 g/mol.